The van der Waals surface area contributed by atoms with Gasteiger partial charge in [0.2, 0.25) is 0 Å². The topological polar surface area (TPSA) is 43.8 Å². The summed E-state index contributed by atoms with van der Waals surface area (Å²) in [5.41, 5.74) is 1.13. The van der Waals surface area contributed by atoms with Gasteiger partial charge >= 0.3 is 0 Å². The lowest BCUT2D eigenvalue weighted by atomic mass is 9.94. The molecule has 7 heteroatoms. The number of carbonyl (C=O) groups excluding carboxylic acids is 1. The molecule has 0 spiro atoms. The van der Waals surface area contributed by atoms with E-state index in [0.717, 1.165) is 25.7 Å². The van der Waals surface area contributed by atoms with Gasteiger partial charge in [-0.3, -0.25) is 9.69 Å². The van der Waals surface area contributed by atoms with Crippen LogP contribution in [0.25, 0.3) is 6.08 Å². The average Bonchev–Trinajstić information content (AvgIpc) is 2.77. The molecular weight excluding hydrogens is 367 g/mol. The molecule has 1 saturated heterocycles. The molecule has 0 atom stereocenters. The van der Waals surface area contributed by atoms with Gasteiger partial charge in [-0.15, -0.1) is 0 Å². The zero-order valence-corrected chi connectivity index (χ0v) is 15.6. The number of phenolic OH excluding ortho intramolecular Hbond substituents is 1. The molecule has 1 aliphatic heterocycles. The Labute approximate surface area is 156 Å². The Morgan fingerprint density at radius 3 is 2.38 bits per heavy atom. The fourth-order valence-corrected chi connectivity index (χ4v) is 4.10. The van der Waals surface area contributed by atoms with Crippen molar-refractivity contribution in [3.8, 4) is 5.75 Å². The van der Waals surface area contributed by atoms with Crippen molar-refractivity contribution in [2.24, 2.45) is 0 Å². The molecule has 3 rings (SSSR count). The lowest BCUT2D eigenvalue weighted by Gasteiger charge is -2.30. The van der Waals surface area contributed by atoms with E-state index in [4.69, 9.17) is 35.4 Å². The van der Waals surface area contributed by atoms with Crippen molar-refractivity contribution in [3.63, 3.8) is 0 Å². The molecule has 2 fully saturated rings. The maximum Gasteiger partial charge on any atom is 0.277 e. The number of carbonyl (C=O) groups is 1. The molecule has 0 radical (unpaired) electrons. The first-order valence-electron chi connectivity index (χ1n) is 7.91. The van der Waals surface area contributed by atoms with Crippen molar-refractivity contribution in [2.75, 3.05) is 7.05 Å². The molecule has 1 aliphatic carbocycles. The summed E-state index contributed by atoms with van der Waals surface area (Å²) in [7, 11) is 1.79. The van der Waals surface area contributed by atoms with Gasteiger partial charge in [-0.2, -0.15) is 0 Å². The highest BCUT2D eigenvalue weighted by molar-refractivity contribution is 7.80. The molecule has 24 heavy (non-hydrogen) atoms. The van der Waals surface area contributed by atoms with Gasteiger partial charge < -0.3 is 10.0 Å². The average molecular weight is 385 g/mol. The van der Waals surface area contributed by atoms with Crippen LogP contribution in [-0.4, -0.2) is 39.0 Å². The van der Waals surface area contributed by atoms with Crippen molar-refractivity contribution >= 4 is 52.5 Å². The van der Waals surface area contributed by atoms with Crippen LogP contribution in [0.1, 0.15) is 37.7 Å². The molecule has 1 N–H and O–H groups in total. The zero-order chi connectivity index (χ0) is 17.4. The number of halogens is 2. The number of hydrogen-bond donors (Lipinski definition) is 1. The first-order chi connectivity index (χ1) is 11.4. The number of amides is 1. The first-order valence-corrected chi connectivity index (χ1v) is 9.07. The minimum absolute atomic E-state index is 0.0882. The largest absolute Gasteiger partial charge is 0.505 e. The number of thiocarbonyl (C=S) groups is 1. The fraction of sp³-hybridized carbons (Fsp3) is 0.412. The Bertz CT molecular complexity index is 706. The highest BCUT2D eigenvalue weighted by atomic mass is 35.5. The number of benzene rings is 1. The molecule has 4 nitrogen and oxygen atoms in total. The third-order valence-electron chi connectivity index (χ3n) is 4.57. The molecule has 1 aromatic carbocycles. The summed E-state index contributed by atoms with van der Waals surface area (Å²) in [6, 6.07) is 3.32. The van der Waals surface area contributed by atoms with Crippen LogP contribution < -0.4 is 0 Å². The summed E-state index contributed by atoms with van der Waals surface area (Å²) in [5, 5.41) is 10.5. The van der Waals surface area contributed by atoms with E-state index in [0.29, 0.717) is 16.4 Å². The second-order valence-electron chi connectivity index (χ2n) is 6.17. The number of phenols is 1. The Hall–Kier alpha value is -1.30. The molecule has 128 valence electrons. The van der Waals surface area contributed by atoms with Crippen LogP contribution in [0.4, 0.5) is 0 Å². The maximum absolute atomic E-state index is 12.9. The van der Waals surface area contributed by atoms with Gasteiger partial charge in [0.05, 0.1) is 10.0 Å². The summed E-state index contributed by atoms with van der Waals surface area (Å²) in [6.45, 7) is 0. The summed E-state index contributed by atoms with van der Waals surface area (Å²) in [6.07, 6.45) is 7.16. The summed E-state index contributed by atoms with van der Waals surface area (Å²) >= 11 is 17.4. The van der Waals surface area contributed by atoms with Crippen molar-refractivity contribution in [1.82, 2.24) is 9.80 Å². The lowest BCUT2D eigenvalue weighted by Crippen LogP contribution is -2.41. The molecule has 0 unspecified atom stereocenters. The van der Waals surface area contributed by atoms with E-state index in [2.05, 4.69) is 0 Å². The van der Waals surface area contributed by atoms with Crippen molar-refractivity contribution in [3.05, 3.63) is 33.4 Å². The van der Waals surface area contributed by atoms with Crippen LogP contribution in [0.3, 0.4) is 0 Å². The van der Waals surface area contributed by atoms with E-state index in [1.54, 1.807) is 35.1 Å². The number of rotatable bonds is 2. The smallest absolute Gasteiger partial charge is 0.277 e. The van der Waals surface area contributed by atoms with Crippen molar-refractivity contribution < 1.29 is 9.90 Å². The third-order valence-corrected chi connectivity index (χ3v) is 5.62. The quantitative estimate of drug-likeness (QED) is 0.604. The van der Waals surface area contributed by atoms with Crippen LogP contribution in [0.2, 0.25) is 10.0 Å². The van der Waals surface area contributed by atoms with Crippen LogP contribution in [-0.2, 0) is 4.79 Å². The second kappa shape index (κ2) is 6.90. The Kier molecular flexibility index (Phi) is 5.04. The molecule has 1 saturated carbocycles. The van der Waals surface area contributed by atoms with Gasteiger partial charge in [-0.25, -0.2) is 0 Å². The number of likely N-dealkylation sites (N-methyl/N-ethyl adjacent to an activating group) is 1. The Balaban J connectivity index is 1.93. The van der Waals surface area contributed by atoms with E-state index in [1.807, 2.05) is 0 Å². The van der Waals surface area contributed by atoms with E-state index in [9.17, 15) is 9.90 Å². The van der Waals surface area contributed by atoms with Gasteiger partial charge in [0.15, 0.2) is 10.9 Å². The SMILES string of the molecule is CN1C(=S)N(C2CCCCC2)C(=O)C1=Cc1cc(Cl)c(O)c(Cl)c1. The van der Waals surface area contributed by atoms with Gasteiger partial charge in [0, 0.05) is 13.1 Å². The van der Waals surface area contributed by atoms with Gasteiger partial charge in [-0.1, -0.05) is 42.5 Å². The van der Waals surface area contributed by atoms with E-state index in [1.165, 1.54) is 6.42 Å². The van der Waals surface area contributed by atoms with Crippen LogP contribution in [0, 0.1) is 0 Å². The molecule has 1 heterocycles. The van der Waals surface area contributed by atoms with Gasteiger partial charge in [-0.05, 0) is 48.8 Å². The second-order valence-corrected chi connectivity index (χ2v) is 7.35. The fourth-order valence-electron chi connectivity index (χ4n) is 3.26. The normalized spacial score (nSPS) is 21.2. The van der Waals surface area contributed by atoms with Gasteiger partial charge in [0.25, 0.3) is 5.91 Å². The number of hydrogen-bond acceptors (Lipinski definition) is 3. The third kappa shape index (κ3) is 3.13. The standard InChI is InChI=1S/C17H18Cl2N2O2S/c1-20-14(9-10-7-12(18)15(22)13(19)8-10)16(23)21(17(20)24)11-5-3-2-4-6-11/h7-9,11,22H,2-6H2,1H3. The van der Waals surface area contributed by atoms with Gasteiger partial charge in [0.1, 0.15) is 5.70 Å². The molecule has 1 aromatic rings. The lowest BCUT2D eigenvalue weighted by molar-refractivity contribution is -0.124. The maximum atomic E-state index is 12.9. The van der Waals surface area contributed by atoms with E-state index >= 15 is 0 Å². The number of aromatic hydroxyl groups is 1. The summed E-state index contributed by atoms with van der Waals surface area (Å²) < 4.78 is 0. The predicted molar refractivity (Wildman–Crippen MR) is 100 cm³/mol. The molecule has 1 amide bonds. The van der Waals surface area contributed by atoms with Crippen molar-refractivity contribution in [1.29, 1.82) is 0 Å². The van der Waals surface area contributed by atoms with Crippen LogP contribution in [0.5, 0.6) is 5.75 Å². The minimum atomic E-state index is -0.161. The van der Waals surface area contributed by atoms with E-state index in [-0.39, 0.29) is 27.7 Å². The van der Waals surface area contributed by atoms with E-state index < -0.39 is 0 Å². The zero-order valence-electron chi connectivity index (χ0n) is 13.3. The van der Waals surface area contributed by atoms with Crippen molar-refractivity contribution in [2.45, 2.75) is 38.1 Å². The minimum Gasteiger partial charge on any atom is -0.505 e. The Morgan fingerprint density at radius 1 is 1.21 bits per heavy atom. The molecule has 0 aromatic heterocycles. The number of nitrogens with zero attached hydrogens (tertiary/aromatic N) is 2. The molecular formula is C17H18Cl2N2O2S. The molecule has 0 bridgehead atoms. The highest BCUT2D eigenvalue weighted by Crippen LogP contribution is 2.35. The first kappa shape index (κ1) is 17.5. The summed E-state index contributed by atoms with van der Waals surface area (Å²) in [5.74, 6) is -0.249. The Morgan fingerprint density at radius 2 is 1.79 bits per heavy atom. The van der Waals surface area contributed by atoms with Crippen LogP contribution in [0.15, 0.2) is 17.8 Å². The molecule has 2 aliphatic rings. The highest BCUT2D eigenvalue weighted by Gasteiger charge is 2.40. The van der Waals surface area contributed by atoms with Crippen LogP contribution >= 0.6 is 35.4 Å². The predicted octanol–water partition coefficient (Wildman–Crippen LogP) is 4.43. The monoisotopic (exact) mass is 384 g/mol. The summed E-state index contributed by atoms with van der Waals surface area (Å²) in [4.78, 5) is 16.3.